The van der Waals surface area contributed by atoms with E-state index in [9.17, 15) is 4.79 Å². The highest BCUT2D eigenvalue weighted by Crippen LogP contribution is 2.45. The molecule has 0 spiro atoms. The second-order valence-corrected chi connectivity index (χ2v) is 18.7. The maximum absolute atomic E-state index is 11.4. The van der Waals surface area contributed by atoms with Crippen LogP contribution in [0.3, 0.4) is 0 Å². The van der Waals surface area contributed by atoms with E-state index in [0.717, 1.165) is 72.4 Å². The molecular weight excluding hydrogens is 590 g/mol. The average molecular weight is 668 g/mol. The van der Waals surface area contributed by atoms with Gasteiger partial charge in [0.1, 0.15) is 6.10 Å². The molecule has 2 unspecified atom stereocenters. The molecular formula is C44H77NO3. The average Bonchev–Trinajstić information content (AvgIpc) is 3.12. The first-order chi connectivity index (χ1) is 23.4. The number of rotatable bonds is 12. The third-order valence-electron chi connectivity index (χ3n) is 15.5. The number of esters is 1. The van der Waals surface area contributed by atoms with Crippen LogP contribution < -0.4 is 0 Å². The zero-order valence-corrected chi connectivity index (χ0v) is 31.9. The highest BCUT2D eigenvalue weighted by molar-refractivity contribution is 5.66. The fourth-order valence-corrected chi connectivity index (χ4v) is 12.4. The van der Waals surface area contributed by atoms with Crippen LogP contribution in [0.15, 0.2) is 0 Å². The topological polar surface area (TPSA) is 38.8 Å². The number of hydrogen-bond donors (Lipinski definition) is 0. The molecule has 6 fully saturated rings. The van der Waals surface area contributed by atoms with E-state index >= 15 is 0 Å². The van der Waals surface area contributed by atoms with Gasteiger partial charge < -0.3 is 9.47 Å². The van der Waals surface area contributed by atoms with Gasteiger partial charge in [-0.2, -0.15) is 0 Å². The quantitative estimate of drug-likeness (QED) is 0.194. The van der Waals surface area contributed by atoms with E-state index in [1.54, 1.807) is 6.92 Å². The van der Waals surface area contributed by atoms with Gasteiger partial charge >= 0.3 is 5.97 Å². The number of hydrogen-bond acceptors (Lipinski definition) is 4. The Hall–Kier alpha value is -0.610. The van der Waals surface area contributed by atoms with Gasteiger partial charge in [0.25, 0.3) is 0 Å². The standard InChI is InChI=1S/C44H77NO3/c1-32-7-19-38(20-8-32)39-21-27-42(28-22-39)45(41-25-15-35(16-26-41)11-12-37-5-4-6-44(31-37)47-3)40-23-13-34(14-24-40)9-10-36-17-29-43(30-18-36)48-33(2)46/h32,34-44H,4-31H2,1-3H3. The first-order valence-corrected chi connectivity index (χ1v) is 21.9. The van der Waals surface area contributed by atoms with Crippen LogP contribution in [0.2, 0.25) is 0 Å². The van der Waals surface area contributed by atoms with E-state index in [-0.39, 0.29) is 12.1 Å². The van der Waals surface area contributed by atoms with Crippen molar-refractivity contribution in [2.24, 2.45) is 41.4 Å². The van der Waals surface area contributed by atoms with Crippen LogP contribution in [0, 0.1) is 41.4 Å². The van der Waals surface area contributed by atoms with Crippen molar-refractivity contribution in [3.8, 4) is 0 Å². The molecule has 0 aliphatic heterocycles. The third-order valence-corrected chi connectivity index (χ3v) is 15.5. The maximum Gasteiger partial charge on any atom is 0.302 e. The Morgan fingerprint density at radius 1 is 0.521 bits per heavy atom. The fraction of sp³-hybridized carbons (Fsp3) is 0.977. The van der Waals surface area contributed by atoms with Crippen molar-refractivity contribution < 1.29 is 14.3 Å². The first-order valence-electron chi connectivity index (χ1n) is 21.9. The SMILES string of the molecule is COC1CCCC(CCC2CCC(N(C3CCC(CCC4CCC(OC(C)=O)CC4)CC3)C3CCC(C4CCC(C)CC4)CC3)CC2)C1. The van der Waals surface area contributed by atoms with Crippen LogP contribution in [0.1, 0.15) is 194 Å². The fourth-order valence-electron chi connectivity index (χ4n) is 12.4. The summed E-state index contributed by atoms with van der Waals surface area (Å²) in [6.45, 7) is 4.05. The number of methoxy groups -OCH3 is 1. The molecule has 4 nitrogen and oxygen atoms in total. The molecule has 6 rings (SSSR count). The first kappa shape index (κ1) is 37.2. The Morgan fingerprint density at radius 2 is 0.958 bits per heavy atom. The predicted octanol–water partition coefficient (Wildman–Crippen LogP) is 11.7. The summed E-state index contributed by atoms with van der Waals surface area (Å²) in [5.74, 6) is 6.67. The van der Waals surface area contributed by atoms with Crippen LogP contribution in [0.4, 0.5) is 0 Å². The minimum Gasteiger partial charge on any atom is -0.463 e. The van der Waals surface area contributed by atoms with Crippen molar-refractivity contribution in [1.29, 1.82) is 0 Å². The van der Waals surface area contributed by atoms with Gasteiger partial charge in [-0.1, -0.05) is 58.3 Å². The summed E-state index contributed by atoms with van der Waals surface area (Å²) in [5.41, 5.74) is 0. The molecule has 0 amide bonds. The molecule has 6 aliphatic rings. The lowest BCUT2D eigenvalue weighted by Crippen LogP contribution is -2.53. The molecule has 0 aromatic heterocycles. The zero-order valence-electron chi connectivity index (χ0n) is 31.9. The molecule has 4 heteroatoms. The van der Waals surface area contributed by atoms with Gasteiger partial charge in [0.05, 0.1) is 6.10 Å². The summed E-state index contributed by atoms with van der Waals surface area (Å²) in [4.78, 5) is 14.6. The molecule has 6 saturated carbocycles. The summed E-state index contributed by atoms with van der Waals surface area (Å²) in [6.07, 6.45) is 40.5. The molecule has 276 valence electrons. The Morgan fingerprint density at radius 3 is 1.44 bits per heavy atom. The molecule has 48 heavy (non-hydrogen) atoms. The third kappa shape index (κ3) is 10.7. The molecule has 0 heterocycles. The van der Waals surface area contributed by atoms with Crippen LogP contribution >= 0.6 is 0 Å². The smallest absolute Gasteiger partial charge is 0.302 e. The number of carbonyl (C=O) groups excluding carboxylic acids is 1. The Balaban J connectivity index is 0.982. The van der Waals surface area contributed by atoms with Crippen molar-refractivity contribution in [2.45, 2.75) is 224 Å². The lowest BCUT2D eigenvalue weighted by molar-refractivity contribution is -0.148. The van der Waals surface area contributed by atoms with E-state index in [0.29, 0.717) is 6.10 Å². The van der Waals surface area contributed by atoms with Gasteiger partial charge in [-0.05, 0) is 170 Å². The van der Waals surface area contributed by atoms with Gasteiger partial charge in [-0.3, -0.25) is 9.69 Å². The van der Waals surface area contributed by atoms with E-state index in [1.165, 1.54) is 167 Å². The number of ether oxygens (including phenoxy) is 2. The lowest BCUT2D eigenvalue weighted by Gasteiger charge is -2.50. The molecule has 0 aromatic carbocycles. The van der Waals surface area contributed by atoms with E-state index in [2.05, 4.69) is 11.8 Å². The van der Waals surface area contributed by atoms with Crippen molar-refractivity contribution in [3.63, 3.8) is 0 Å². The van der Waals surface area contributed by atoms with Crippen molar-refractivity contribution in [2.75, 3.05) is 7.11 Å². The predicted molar refractivity (Wildman–Crippen MR) is 199 cm³/mol. The molecule has 0 radical (unpaired) electrons. The van der Waals surface area contributed by atoms with Crippen LogP contribution in [-0.2, 0) is 14.3 Å². The van der Waals surface area contributed by atoms with Crippen LogP contribution in [-0.4, -0.2) is 48.3 Å². The lowest BCUT2D eigenvalue weighted by atomic mass is 9.69. The monoisotopic (exact) mass is 668 g/mol. The van der Waals surface area contributed by atoms with E-state index in [1.807, 2.05) is 7.11 Å². The minimum atomic E-state index is -0.0973. The second kappa shape index (κ2) is 18.8. The molecule has 0 aromatic rings. The largest absolute Gasteiger partial charge is 0.463 e. The van der Waals surface area contributed by atoms with Crippen molar-refractivity contribution >= 4 is 5.97 Å². The number of carbonyl (C=O) groups is 1. The minimum absolute atomic E-state index is 0.0973. The summed E-state index contributed by atoms with van der Waals surface area (Å²) < 4.78 is 11.3. The molecule has 0 saturated heterocycles. The maximum atomic E-state index is 11.4. The Bertz CT molecular complexity index is 913. The molecule has 0 N–H and O–H groups in total. The normalized spacial score (nSPS) is 41.6. The Labute approximate surface area is 297 Å². The van der Waals surface area contributed by atoms with Gasteiger partial charge in [-0.15, -0.1) is 0 Å². The molecule has 6 aliphatic carbocycles. The van der Waals surface area contributed by atoms with E-state index in [4.69, 9.17) is 9.47 Å². The van der Waals surface area contributed by atoms with Crippen molar-refractivity contribution in [3.05, 3.63) is 0 Å². The van der Waals surface area contributed by atoms with E-state index < -0.39 is 0 Å². The molecule has 0 bridgehead atoms. The van der Waals surface area contributed by atoms with Gasteiger partial charge in [0.2, 0.25) is 0 Å². The molecule has 2 atom stereocenters. The van der Waals surface area contributed by atoms with Crippen LogP contribution in [0.5, 0.6) is 0 Å². The zero-order chi connectivity index (χ0) is 33.3. The Kier molecular flexibility index (Phi) is 14.5. The summed E-state index contributed by atoms with van der Waals surface area (Å²) in [5, 5.41) is 0. The van der Waals surface area contributed by atoms with Gasteiger partial charge in [0, 0.05) is 32.2 Å². The highest BCUT2D eigenvalue weighted by Gasteiger charge is 2.40. The second-order valence-electron chi connectivity index (χ2n) is 18.7. The van der Waals surface area contributed by atoms with Gasteiger partial charge in [-0.25, -0.2) is 0 Å². The summed E-state index contributed by atoms with van der Waals surface area (Å²) in [7, 11) is 1.93. The van der Waals surface area contributed by atoms with Crippen LogP contribution in [0.25, 0.3) is 0 Å². The van der Waals surface area contributed by atoms with Crippen molar-refractivity contribution in [1.82, 2.24) is 4.90 Å². The highest BCUT2D eigenvalue weighted by atomic mass is 16.5. The summed E-state index contributed by atoms with van der Waals surface area (Å²) >= 11 is 0. The summed E-state index contributed by atoms with van der Waals surface area (Å²) in [6, 6.07) is 2.58. The number of nitrogens with zero attached hydrogens (tertiary/aromatic N) is 1. The van der Waals surface area contributed by atoms with Gasteiger partial charge in [0.15, 0.2) is 0 Å².